The van der Waals surface area contributed by atoms with E-state index in [1.54, 1.807) is 22.0 Å². The van der Waals surface area contributed by atoms with Crippen molar-refractivity contribution < 1.29 is 19.4 Å². The van der Waals surface area contributed by atoms with Gasteiger partial charge in [0.2, 0.25) is 0 Å². The van der Waals surface area contributed by atoms with Crippen molar-refractivity contribution in [3.8, 4) is 11.7 Å². The summed E-state index contributed by atoms with van der Waals surface area (Å²) in [7, 11) is 0. The molecule has 0 saturated carbocycles. The van der Waals surface area contributed by atoms with Gasteiger partial charge in [-0.1, -0.05) is 24.3 Å². The molecule has 1 fully saturated rings. The van der Waals surface area contributed by atoms with Gasteiger partial charge in [0, 0.05) is 31.5 Å². The van der Waals surface area contributed by atoms with E-state index >= 15 is 0 Å². The monoisotopic (exact) mass is 454 g/mol. The van der Waals surface area contributed by atoms with E-state index in [2.05, 4.69) is 20.3 Å². The lowest BCUT2D eigenvalue weighted by Gasteiger charge is -2.41. The Hall–Kier alpha value is -3.27. The number of amides is 1. The fourth-order valence-electron chi connectivity index (χ4n) is 4.13. The Morgan fingerprint density at radius 3 is 2.61 bits per heavy atom. The number of likely N-dealkylation sites (tertiary alicyclic amines) is 1. The number of nitrogens with zero attached hydrogens (tertiary/aromatic N) is 6. The molecule has 1 saturated heterocycles. The van der Waals surface area contributed by atoms with Gasteiger partial charge >= 0.3 is 12.1 Å². The van der Waals surface area contributed by atoms with E-state index in [0.29, 0.717) is 25.4 Å². The molecule has 3 aromatic rings. The molecule has 1 aliphatic heterocycles. The molecule has 1 aliphatic rings. The SMILES string of the molecule is CC1CN(C(=O)OC(C)(C)C)CC(CO)[C@@H]1COc1ncc(-n2nnc3ccccc32)cn1. The van der Waals surface area contributed by atoms with Crippen LogP contribution in [0.15, 0.2) is 36.7 Å². The second-order valence-electron chi connectivity index (χ2n) is 9.49. The molecular weight excluding hydrogens is 424 g/mol. The van der Waals surface area contributed by atoms with Crippen LogP contribution < -0.4 is 4.74 Å². The summed E-state index contributed by atoms with van der Waals surface area (Å²) in [6.07, 6.45) is 2.93. The number of carbonyl (C=O) groups excluding carboxylic acids is 1. The number of para-hydroxylation sites is 1. The van der Waals surface area contributed by atoms with Crippen LogP contribution >= 0.6 is 0 Å². The molecular formula is C23H30N6O4. The highest BCUT2D eigenvalue weighted by Gasteiger charge is 2.38. The molecule has 0 spiro atoms. The largest absolute Gasteiger partial charge is 0.463 e. The molecule has 10 nitrogen and oxygen atoms in total. The van der Waals surface area contributed by atoms with E-state index < -0.39 is 5.60 Å². The minimum Gasteiger partial charge on any atom is -0.463 e. The molecule has 3 atom stereocenters. The molecule has 0 radical (unpaired) electrons. The van der Waals surface area contributed by atoms with E-state index in [9.17, 15) is 9.90 Å². The summed E-state index contributed by atoms with van der Waals surface area (Å²) in [5, 5.41) is 18.3. The summed E-state index contributed by atoms with van der Waals surface area (Å²) in [6, 6.07) is 7.91. The van der Waals surface area contributed by atoms with E-state index in [4.69, 9.17) is 9.47 Å². The van der Waals surface area contributed by atoms with Gasteiger partial charge in [-0.15, -0.1) is 5.10 Å². The highest BCUT2D eigenvalue weighted by atomic mass is 16.6. The third kappa shape index (κ3) is 5.22. The Kier molecular flexibility index (Phi) is 6.46. The molecule has 0 aliphatic carbocycles. The van der Waals surface area contributed by atoms with E-state index in [1.165, 1.54) is 0 Å². The van der Waals surface area contributed by atoms with Gasteiger partial charge in [-0.3, -0.25) is 0 Å². The number of carbonyl (C=O) groups is 1. The lowest BCUT2D eigenvalue weighted by molar-refractivity contribution is -0.0185. The van der Waals surface area contributed by atoms with Crippen molar-refractivity contribution in [3.05, 3.63) is 36.7 Å². The van der Waals surface area contributed by atoms with E-state index in [-0.39, 0.29) is 36.5 Å². The van der Waals surface area contributed by atoms with Crippen molar-refractivity contribution in [1.29, 1.82) is 0 Å². The first kappa shape index (κ1) is 22.9. The van der Waals surface area contributed by atoms with Crippen molar-refractivity contribution in [1.82, 2.24) is 29.9 Å². The van der Waals surface area contributed by atoms with Crippen LogP contribution in [-0.4, -0.2) is 73.0 Å². The summed E-state index contributed by atoms with van der Waals surface area (Å²) < 4.78 is 13.0. The molecule has 10 heteroatoms. The Morgan fingerprint density at radius 2 is 1.91 bits per heavy atom. The number of aliphatic hydroxyl groups is 1. The number of hydrogen-bond donors (Lipinski definition) is 1. The maximum atomic E-state index is 12.5. The molecule has 176 valence electrons. The zero-order valence-corrected chi connectivity index (χ0v) is 19.4. The molecule has 33 heavy (non-hydrogen) atoms. The summed E-state index contributed by atoms with van der Waals surface area (Å²) >= 11 is 0. The van der Waals surface area contributed by atoms with Gasteiger partial charge in [0.25, 0.3) is 0 Å². The number of fused-ring (bicyclic) bond motifs is 1. The highest BCUT2D eigenvalue weighted by Crippen LogP contribution is 2.30. The first-order valence-electron chi connectivity index (χ1n) is 11.1. The number of aromatic nitrogens is 5. The lowest BCUT2D eigenvalue weighted by Crippen LogP contribution is -2.51. The van der Waals surface area contributed by atoms with Crippen molar-refractivity contribution in [3.63, 3.8) is 0 Å². The quantitative estimate of drug-likeness (QED) is 0.626. The first-order chi connectivity index (χ1) is 15.7. The second kappa shape index (κ2) is 9.30. The first-order valence-corrected chi connectivity index (χ1v) is 11.1. The third-order valence-electron chi connectivity index (χ3n) is 5.80. The molecule has 3 heterocycles. The van der Waals surface area contributed by atoms with Crippen LogP contribution in [0.3, 0.4) is 0 Å². The van der Waals surface area contributed by atoms with Crippen molar-refractivity contribution in [2.45, 2.75) is 33.3 Å². The summed E-state index contributed by atoms with van der Waals surface area (Å²) in [5.74, 6) is 0.0440. The number of rotatable bonds is 5. The van der Waals surface area contributed by atoms with Crippen LogP contribution in [-0.2, 0) is 4.74 Å². The number of piperidine rings is 1. The molecule has 1 N–H and O–H groups in total. The minimum absolute atomic E-state index is 0.0448. The maximum Gasteiger partial charge on any atom is 0.410 e. The zero-order valence-electron chi connectivity index (χ0n) is 19.4. The van der Waals surface area contributed by atoms with Crippen molar-refractivity contribution in [2.24, 2.45) is 17.8 Å². The topological polar surface area (TPSA) is 115 Å². The summed E-state index contributed by atoms with van der Waals surface area (Å²) in [4.78, 5) is 22.8. The van der Waals surface area contributed by atoms with E-state index in [0.717, 1.165) is 11.0 Å². The minimum atomic E-state index is -0.559. The molecule has 1 amide bonds. The normalized spacial score (nSPS) is 21.2. The van der Waals surface area contributed by atoms with Crippen LogP contribution in [0, 0.1) is 17.8 Å². The maximum absolute atomic E-state index is 12.5. The standard InChI is InChI=1S/C23H30N6O4/c1-15-11-28(22(31)33-23(2,3)4)12-16(13-30)18(15)14-32-21-24-9-17(10-25-21)29-20-8-6-5-7-19(20)26-27-29/h5-10,15-16,18,30H,11-14H2,1-4H3/t15?,16?,18-/m1/s1. The number of ether oxygens (including phenoxy) is 2. The fourth-order valence-corrected chi connectivity index (χ4v) is 4.13. The number of aliphatic hydroxyl groups excluding tert-OH is 1. The Balaban J connectivity index is 1.39. The van der Waals surface area contributed by atoms with Crippen LogP contribution in [0.2, 0.25) is 0 Å². The predicted octanol–water partition coefficient (Wildman–Crippen LogP) is 2.70. The average Bonchev–Trinajstić information content (AvgIpc) is 3.21. The Bertz CT molecular complexity index is 1090. The van der Waals surface area contributed by atoms with Crippen LogP contribution in [0.5, 0.6) is 6.01 Å². The van der Waals surface area contributed by atoms with Gasteiger partial charge in [0.1, 0.15) is 16.8 Å². The summed E-state index contributed by atoms with van der Waals surface area (Å²) in [6.45, 7) is 8.84. The smallest absolute Gasteiger partial charge is 0.410 e. The third-order valence-corrected chi connectivity index (χ3v) is 5.80. The fraction of sp³-hybridized carbons (Fsp3) is 0.522. The lowest BCUT2D eigenvalue weighted by atomic mass is 9.79. The number of hydrogen-bond acceptors (Lipinski definition) is 8. The van der Waals surface area contributed by atoms with Gasteiger partial charge in [-0.2, -0.15) is 0 Å². The van der Waals surface area contributed by atoms with Crippen LogP contribution in [0.25, 0.3) is 16.7 Å². The van der Waals surface area contributed by atoms with E-state index in [1.807, 2.05) is 52.0 Å². The number of benzene rings is 1. The van der Waals surface area contributed by atoms with Crippen LogP contribution in [0.4, 0.5) is 4.79 Å². The highest BCUT2D eigenvalue weighted by molar-refractivity contribution is 5.75. The van der Waals surface area contributed by atoms with Crippen LogP contribution in [0.1, 0.15) is 27.7 Å². The van der Waals surface area contributed by atoms with Gasteiger partial charge in [0.05, 0.1) is 24.5 Å². The Labute approximate surface area is 192 Å². The Morgan fingerprint density at radius 1 is 1.18 bits per heavy atom. The van der Waals surface area contributed by atoms with Gasteiger partial charge < -0.3 is 19.5 Å². The molecule has 0 bridgehead atoms. The summed E-state index contributed by atoms with van der Waals surface area (Å²) in [5.41, 5.74) is 1.78. The molecule has 1 aromatic carbocycles. The predicted molar refractivity (Wildman–Crippen MR) is 121 cm³/mol. The van der Waals surface area contributed by atoms with Crippen molar-refractivity contribution >= 4 is 17.1 Å². The second-order valence-corrected chi connectivity index (χ2v) is 9.49. The average molecular weight is 455 g/mol. The molecule has 2 unspecified atom stereocenters. The van der Waals surface area contributed by atoms with Crippen molar-refractivity contribution in [2.75, 3.05) is 26.3 Å². The van der Waals surface area contributed by atoms with Gasteiger partial charge in [0.15, 0.2) is 0 Å². The van der Waals surface area contributed by atoms with Gasteiger partial charge in [-0.25, -0.2) is 19.4 Å². The zero-order chi connectivity index (χ0) is 23.6. The molecule has 4 rings (SSSR count). The molecule has 2 aromatic heterocycles. The van der Waals surface area contributed by atoms with Gasteiger partial charge in [-0.05, 0) is 38.8 Å².